The molecule has 1 aromatic carbocycles. The molecule has 1 rings (SSSR count). The first-order valence-corrected chi connectivity index (χ1v) is 5.08. The Morgan fingerprint density at radius 3 is 2.41 bits per heavy atom. The van der Waals surface area contributed by atoms with E-state index in [0.717, 1.165) is 0 Å². The third-order valence-electron chi connectivity index (χ3n) is 1.90. The third-order valence-corrected chi connectivity index (χ3v) is 1.90. The number of nitrogens with one attached hydrogen (secondary N) is 1. The van der Waals surface area contributed by atoms with Crippen molar-refractivity contribution in [2.75, 3.05) is 6.73 Å². The van der Waals surface area contributed by atoms with Gasteiger partial charge in [0.15, 0.2) is 6.73 Å². The van der Waals surface area contributed by atoms with Gasteiger partial charge in [0.2, 0.25) is 0 Å². The van der Waals surface area contributed by atoms with Gasteiger partial charge in [0.05, 0.1) is 0 Å². The number of carbonyl (C=O) groups is 3. The number of ketones is 1. The molecule has 1 aromatic rings. The minimum Gasteiger partial charge on any atom is -0.444 e. The van der Waals surface area contributed by atoms with Crippen molar-refractivity contribution < 1.29 is 19.1 Å². The van der Waals surface area contributed by atoms with E-state index in [1.165, 1.54) is 6.92 Å². The van der Waals surface area contributed by atoms with Crippen LogP contribution in [0.1, 0.15) is 23.7 Å². The zero-order valence-corrected chi connectivity index (χ0v) is 9.43. The van der Waals surface area contributed by atoms with Crippen molar-refractivity contribution in [2.45, 2.75) is 13.3 Å². The van der Waals surface area contributed by atoms with E-state index in [2.05, 4.69) is 10.1 Å². The Hall–Kier alpha value is -2.17. The molecule has 0 radical (unpaired) electrons. The maximum absolute atomic E-state index is 11.5. The summed E-state index contributed by atoms with van der Waals surface area (Å²) >= 11 is 0. The minimum atomic E-state index is -0.647. The average Bonchev–Trinajstić information content (AvgIpc) is 2.29. The second-order valence-corrected chi connectivity index (χ2v) is 3.41. The zero-order chi connectivity index (χ0) is 12.7. The van der Waals surface area contributed by atoms with Crippen LogP contribution >= 0.6 is 0 Å². The first-order valence-electron chi connectivity index (χ1n) is 5.08. The predicted octanol–water partition coefficient (Wildman–Crippen LogP) is 0.896. The number of amides is 1. The van der Waals surface area contributed by atoms with Crippen molar-refractivity contribution in [3.63, 3.8) is 0 Å². The number of hydrogen-bond acceptors (Lipinski definition) is 4. The van der Waals surface area contributed by atoms with Gasteiger partial charge in [0.1, 0.15) is 12.2 Å². The van der Waals surface area contributed by atoms with Crippen molar-refractivity contribution in [3.8, 4) is 0 Å². The van der Waals surface area contributed by atoms with Crippen LogP contribution in [-0.2, 0) is 14.3 Å². The van der Waals surface area contributed by atoms with E-state index in [-0.39, 0.29) is 24.8 Å². The van der Waals surface area contributed by atoms with Crippen LogP contribution in [-0.4, -0.2) is 24.4 Å². The quantitative estimate of drug-likeness (QED) is 0.467. The molecule has 0 fully saturated rings. The normalized spacial score (nSPS) is 9.47. The molecule has 0 saturated carbocycles. The van der Waals surface area contributed by atoms with E-state index >= 15 is 0 Å². The van der Waals surface area contributed by atoms with Crippen LogP contribution < -0.4 is 5.32 Å². The van der Waals surface area contributed by atoms with Gasteiger partial charge in [0, 0.05) is 5.56 Å². The molecule has 0 atom stereocenters. The highest BCUT2D eigenvalue weighted by molar-refractivity contribution is 5.95. The first-order chi connectivity index (χ1) is 8.09. The fraction of sp³-hybridized carbons (Fsp3) is 0.250. The predicted molar refractivity (Wildman–Crippen MR) is 60.2 cm³/mol. The summed E-state index contributed by atoms with van der Waals surface area (Å²) < 4.78 is 4.65. The molecular formula is C12H13NO4. The van der Waals surface area contributed by atoms with Gasteiger partial charge in [-0.3, -0.25) is 14.4 Å². The van der Waals surface area contributed by atoms with Crippen LogP contribution in [0.15, 0.2) is 30.3 Å². The summed E-state index contributed by atoms with van der Waals surface area (Å²) in [6, 6.07) is 8.55. The van der Waals surface area contributed by atoms with Crippen molar-refractivity contribution in [2.24, 2.45) is 0 Å². The third kappa shape index (κ3) is 4.92. The number of esters is 1. The van der Waals surface area contributed by atoms with Gasteiger partial charge in [-0.05, 0) is 19.1 Å². The maximum atomic E-state index is 11.5. The van der Waals surface area contributed by atoms with E-state index in [0.29, 0.717) is 5.56 Å². The lowest BCUT2D eigenvalue weighted by Gasteiger charge is -2.05. The standard InChI is InChI=1S/C12H13NO4/c1-9(14)7-11(15)17-8-13-12(16)10-5-3-2-4-6-10/h2-6H,7-8H2,1H3,(H,13,16). The number of Topliss-reactive ketones (excluding diaryl/α,β-unsaturated/α-hetero) is 1. The van der Waals surface area contributed by atoms with E-state index in [1.54, 1.807) is 30.3 Å². The first kappa shape index (κ1) is 12.9. The Morgan fingerprint density at radius 2 is 1.82 bits per heavy atom. The highest BCUT2D eigenvalue weighted by Crippen LogP contribution is 1.97. The topological polar surface area (TPSA) is 72.5 Å². The molecule has 0 saturated heterocycles. The summed E-state index contributed by atoms with van der Waals surface area (Å²) in [5.41, 5.74) is 0.482. The highest BCUT2D eigenvalue weighted by Gasteiger charge is 2.07. The average molecular weight is 235 g/mol. The SMILES string of the molecule is CC(=O)CC(=O)OCNC(=O)c1ccccc1. The summed E-state index contributed by atoms with van der Waals surface area (Å²) in [6.45, 7) is 1.06. The van der Waals surface area contributed by atoms with Gasteiger partial charge < -0.3 is 10.1 Å². The Kier molecular flexibility index (Phi) is 4.87. The minimum absolute atomic E-state index is 0.236. The molecule has 0 spiro atoms. The number of rotatable bonds is 5. The Bertz CT molecular complexity index is 414. The Labute approximate surface area is 98.8 Å². The Balaban J connectivity index is 2.30. The molecule has 5 heteroatoms. The number of ether oxygens (including phenoxy) is 1. The lowest BCUT2D eigenvalue weighted by molar-refractivity contribution is -0.146. The smallest absolute Gasteiger partial charge is 0.315 e. The van der Waals surface area contributed by atoms with E-state index < -0.39 is 5.97 Å². The molecular weight excluding hydrogens is 222 g/mol. The Morgan fingerprint density at radius 1 is 1.18 bits per heavy atom. The van der Waals surface area contributed by atoms with Gasteiger partial charge in [0.25, 0.3) is 5.91 Å². The summed E-state index contributed by atoms with van der Waals surface area (Å²) in [6.07, 6.45) is -0.277. The van der Waals surface area contributed by atoms with Crippen LogP contribution in [0.3, 0.4) is 0 Å². The second kappa shape index (κ2) is 6.42. The van der Waals surface area contributed by atoms with Crippen molar-refractivity contribution in [1.82, 2.24) is 5.32 Å². The molecule has 1 amide bonds. The van der Waals surface area contributed by atoms with Crippen LogP contribution in [0, 0.1) is 0 Å². The van der Waals surface area contributed by atoms with Gasteiger partial charge in [-0.2, -0.15) is 0 Å². The van der Waals surface area contributed by atoms with Gasteiger partial charge in [-0.15, -0.1) is 0 Å². The summed E-state index contributed by atoms with van der Waals surface area (Å²) in [5.74, 6) is -1.25. The van der Waals surface area contributed by atoms with E-state index in [4.69, 9.17) is 0 Å². The fourth-order valence-corrected chi connectivity index (χ4v) is 1.13. The summed E-state index contributed by atoms with van der Waals surface area (Å²) in [7, 11) is 0. The summed E-state index contributed by atoms with van der Waals surface area (Å²) in [4.78, 5) is 33.0. The molecule has 5 nitrogen and oxygen atoms in total. The summed E-state index contributed by atoms with van der Waals surface area (Å²) in [5, 5.41) is 2.41. The number of hydrogen-bond donors (Lipinski definition) is 1. The van der Waals surface area contributed by atoms with Crippen LogP contribution in [0.5, 0.6) is 0 Å². The maximum Gasteiger partial charge on any atom is 0.315 e. The zero-order valence-electron chi connectivity index (χ0n) is 9.43. The van der Waals surface area contributed by atoms with Crippen LogP contribution in [0.2, 0.25) is 0 Å². The molecule has 0 aliphatic carbocycles. The fourth-order valence-electron chi connectivity index (χ4n) is 1.13. The lowest BCUT2D eigenvalue weighted by atomic mass is 10.2. The molecule has 0 bridgehead atoms. The van der Waals surface area contributed by atoms with Gasteiger partial charge >= 0.3 is 5.97 Å². The van der Waals surface area contributed by atoms with Crippen molar-refractivity contribution in [3.05, 3.63) is 35.9 Å². The van der Waals surface area contributed by atoms with Crippen molar-refractivity contribution >= 4 is 17.7 Å². The number of carbonyl (C=O) groups excluding carboxylic acids is 3. The molecule has 17 heavy (non-hydrogen) atoms. The second-order valence-electron chi connectivity index (χ2n) is 3.41. The lowest BCUT2D eigenvalue weighted by Crippen LogP contribution is -2.28. The molecule has 0 aliphatic heterocycles. The molecule has 0 heterocycles. The van der Waals surface area contributed by atoms with E-state index in [9.17, 15) is 14.4 Å². The van der Waals surface area contributed by atoms with Crippen molar-refractivity contribution in [1.29, 1.82) is 0 Å². The van der Waals surface area contributed by atoms with Gasteiger partial charge in [-0.1, -0.05) is 18.2 Å². The molecule has 0 aliphatic rings. The monoisotopic (exact) mass is 235 g/mol. The van der Waals surface area contributed by atoms with Gasteiger partial charge in [-0.25, -0.2) is 0 Å². The molecule has 90 valence electrons. The molecule has 0 aromatic heterocycles. The number of benzene rings is 1. The largest absolute Gasteiger partial charge is 0.444 e. The van der Waals surface area contributed by atoms with Crippen LogP contribution in [0.4, 0.5) is 0 Å². The van der Waals surface area contributed by atoms with E-state index in [1.807, 2.05) is 0 Å². The molecule has 1 N–H and O–H groups in total. The molecule has 0 unspecified atom stereocenters. The highest BCUT2D eigenvalue weighted by atomic mass is 16.5. The van der Waals surface area contributed by atoms with Crippen LogP contribution in [0.25, 0.3) is 0 Å².